The summed E-state index contributed by atoms with van der Waals surface area (Å²) in [6, 6.07) is 20.8. The van der Waals surface area contributed by atoms with E-state index in [9.17, 15) is 13.2 Å². The van der Waals surface area contributed by atoms with Crippen LogP contribution in [0, 0.1) is 13.8 Å². The molecule has 0 unspecified atom stereocenters. The fourth-order valence-electron chi connectivity index (χ4n) is 3.35. The fourth-order valence-corrected chi connectivity index (χ4v) is 4.82. The van der Waals surface area contributed by atoms with Crippen molar-refractivity contribution in [3.63, 3.8) is 0 Å². The molecule has 1 aromatic heterocycles. The maximum atomic E-state index is 12.8. The first-order valence-electron chi connectivity index (χ1n) is 10.6. The molecule has 1 amide bonds. The quantitative estimate of drug-likeness (QED) is 0.365. The van der Waals surface area contributed by atoms with Crippen LogP contribution in [0.3, 0.4) is 0 Å². The minimum Gasteiger partial charge on any atom is -0.441 e. The smallest absolute Gasteiger partial charge is 0.251 e. The number of amides is 1. The molecule has 1 heterocycles. The summed E-state index contributed by atoms with van der Waals surface area (Å²) < 4.78 is 31.3. The molecule has 6 nitrogen and oxygen atoms in total. The molecular weight excluding hydrogens is 472 g/mol. The summed E-state index contributed by atoms with van der Waals surface area (Å²) in [6.07, 6.45) is 0. The van der Waals surface area contributed by atoms with Crippen LogP contribution in [-0.2, 0) is 22.1 Å². The van der Waals surface area contributed by atoms with Crippen molar-refractivity contribution in [1.82, 2.24) is 10.3 Å². The van der Waals surface area contributed by atoms with Crippen molar-refractivity contribution in [3.8, 4) is 11.5 Å². The predicted molar refractivity (Wildman–Crippen MR) is 131 cm³/mol. The lowest BCUT2D eigenvalue weighted by Crippen LogP contribution is -2.22. The van der Waals surface area contributed by atoms with Gasteiger partial charge in [0.2, 0.25) is 5.89 Å². The predicted octanol–water partition coefficient (Wildman–Crippen LogP) is 5.52. The van der Waals surface area contributed by atoms with E-state index >= 15 is 0 Å². The molecule has 0 bridgehead atoms. The third-order valence-corrected chi connectivity index (χ3v) is 7.26. The van der Waals surface area contributed by atoms with Gasteiger partial charge in [-0.15, -0.1) is 0 Å². The standard InChI is InChI=1S/C26H23ClN2O4S/c1-17-3-13-23(14-4-17)34(31,32)16-24-18(2)33-26(29-24)21-9-7-20(8-10-21)25(30)28-15-19-5-11-22(27)12-6-19/h3-14H,15-16H2,1-2H3,(H,28,30). The van der Waals surface area contributed by atoms with Crippen LogP contribution in [-0.4, -0.2) is 19.3 Å². The molecule has 174 valence electrons. The Kier molecular flexibility index (Phi) is 6.86. The molecule has 8 heteroatoms. The minimum atomic E-state index is -3.55. The second kappa shape index (κ2) is 9.83. The molecule has 0 aliphatic heterocycles. The van der Waals surface area contributed by atoms with Gasteiger partial charge in [-0.25, -0.2) is 13.4 Å². The van der Waals surface area contributed by atoms with Crippen molar-refractivity contribution in [1.29, 1.82) is 0 Å². The molecular formula is C26H23ClN2O4S. The number of sulfone groups is 1. The van der Waals surface area contributed by atoms with Gasteiger partial charge in [0.1, 0.15) is 11.5 Å². The molecule has 0 radical (unpaired) electrons. The van der Waals surface area contributed by atoms with Gasteiger partial charge in [-0.05, 0) is 67.9 Å². The van der Waals surface area contributed by atoms with Crippen molar-refractivity contribution in [2.45, 2.75) is 31.0 Å². The summed E-state index contributed by atoms with van der Waals surface area (Å²) in [5.41, 5.74) is 3.43. The minimum absolute atomic E-state index is 0.213. The van der Waals surface area contributed by atoms with E-state index in [-0.39, 0.29) is 16.6 Å². The van der Waals surface area contributed by atoms with Crippen LogP contribution in [0.2, 0.25) is 5.02 Å². The average Bonchev–Trinajstić information content (AvgIpc) is 3.18. The van der Waals surface area contributed by atoms with Crippen LogP contribution in [0.4, 0.5) is 0 Å². The maximum Gasteiger partial charge on any atom is 0.251 e. The van der Waals surface area contributed by atoms with E-state index in [0.29, 0.717) is 40.0 Å². The Morgan fingerprint density at radius 3 is 2.24 bits per heavy atom. The van der Waals surface area contributed by atoms with Gasteiger partial charge in [0, 0.05) is 22.7 Å². The number of aromatic nitrogens is 1. The van der Waals surface area contributed by atoms with Gasteiger partial charge in [0.15, 0.2) is 9.84 Å². The van der Waals surface area contributed by atoms with E-state index < -0.39 is 9.84 Å². The van der Waals surface area contributed by atoms with Crippen LogP contribution in [0.5, 0.6) is 0 Å². The molecule has 0 saturated carbocycles. The van der Waals surface area contributed by atoms with Crippen LogP contribution in [0.25, 0.3) is 11.5 Å². The third-order valence-electron chi connectivity index (χ3n) is 5.36. The number of halogens is 1. The van der Waals surface area contributed by atoms with Crippen molar-refractivity contribution in [2.24, 2.45) is 0 Å². The number of oxazole rings is 1. The largest absolute Gasteiger partial charge is 0.441 e. The zero-order valence-electron chi connectivity index (χ0n) is 18.7. The monoisotopic (exact) mass is 494 g/mol. The number of hydrogen-bond acceptors (Lipinski definition) is 5. The van der Waals surface area contributed by atoms with E-state index in [2.05, 4.69) is 10.3 Å². The number of carbonyl (C=O) groups excluding carboxylic acids is 1. The first kappa shape index (κ1) is 23.7. The highest BCUT2D eigenvalue weighted by Crippen LogP contribution is 2.25. The number of nitrogens with one attached hydrogen (secondary N) is 1. The van der Waals surface area contributed by atoms with E-state index in [1.54, 1.807) is 67.6 Å². The van der Waals surface area contributed by atoms with E-state index in [0.717, 1.165) is 11.1 Å². The molecule has 0 fully saturated rings. The summed E-state index contributed by atoms with van der Waals surface area (Å²) in [4.78, 5) is 17.1. The Balaban J connectivity index is 1.44. The molecule has 1 N–H and O–H groups in total. The van der Waals surface area contributed by atoms with E-state index in [4.69, 9.17) is 16.0 Å². The SMILES string of the molecule is Cc1ccc(S(=O)(=O)Cc2nc(-c3ccc(C(=O)NCc4ccc(Cl)cc4)cc3)oc2C)cc1. The topological polar surface area (TPSA) is 89.3 Å². The molecule has 4 rings (SSSR count). The van der Waals surface area contributed by atoms with Gasteiger partial charge in [-0.3, -0.25) is 4.79 Å². The fraction of sp³-hybridized carbons (Fsp3) is 0.154. The molecule has 0 aliphatic carbocycles. The van der Waals surface area contributed by atoms with Gasteiger partial charge in [0.05, 0.1) is 10.6 Å². The maximum absolute atomic E-state index is 12.8. The Morgan fingerprint density at radius 2 is 1.59 bits per heavy atom. The molecule has 0 aliphatic rings. The molecule has 0 saturated heterocycles. The zero-order chi connectivity index (χ0) is 24.3. The Bertz CT molecular complexity index is 1410. The van der Waals surface area contributed by atoms with Gasteiger partial charge in [0.25, 0.3) is 5.91 Å². The lowest BCUT2D eigenvalue weighted by Gasteiger charge is -2.06. The molecule has 0 spiro atoms. The van der Waals surface area contributed by atoms with E-state index in [1.807, 2.05) is 19.1 Å². The Morgan fingerprint density at radius 1 is 0.941 bits per heavy atom. The normalized spacial score (nSPS) is 11.4. The van der Waals surface area contributed by atoms with Crippen molar-refractivity contribution in [3.05, 3.63) is 106 Å². The number of rotatable bonds is 7. The highest BCUT2D eigenvalue weighted by Gasteiger charge is 2.21. The van der Waals surface area contributed by atoms with Crippen LogP contribution in [0.1, 0.15) is 32.9 Å². The van der Waals surface area contributed by atoms with Crippen LogP contribution >= 0.6 is 11.6 Å². The van der Waals surface area contributed by atoms with E-state index in [1.165, 1.54) is 0 Å². The average molecular weight is 495 g/mol. The lowest BCUT2D eigenvalue weighted by atomic mass is 10.1. The molecule has 4 aromatic rings. The zero-order valence-corrected chi connectivity index (χ0v) is 20.3. The summed E-state index contributed by atoms with van der Waals surface area (Å²) in [7, 11) is -3.55. The van der Waals surface area contributed by atoms with Crippen LogP contribution < -0.4 is 5.32 Å². The van der Waals surface area contributed by atoms with Gasteiger partial charge < -0.3 is 9.73 Å². The number of benzene rings is 3. The summed E-state index contributed by atoms with van der Waals surface area (Å²) >= 11 is 5.88. The summed E-state index contributed by atoms with van der Waals surface area (Å²) in [6.45, 7) is 3.98. The Hall–Kier alpha value is -3.42. The second-order valence-corrected chi connectivity index (χ2v) is 10.4. The van der Waals surface area contributed by atoms with Crippen LogP contribution in [0.15, 0.2) is 82.1 Å². The number of aryl methyl sites for hydroxylation is 2. The molecule has 0 atom stereocenters. The number of hydrogen-bond donors (Lipinski definition) is 1. The highest BCUT2D eigenvalue weighted by molar-refractivity contribution is 7.90. The van der Waals surface area contributed by atoms with Gasteiger partial charge in [-0.2, -0.15) is 0 Å². The Labute approximate surface area is 203 Å². The third kappa shape index (κ3) is 5.55. The second-order valence-electron chi connectivity index (χ2n) is 7.98. The van der Waals surface area contributed by atoms with Gasteiger partial charge >= 0.3 is 0 Å². The summed E-state index contributed by atoms with van der Waals surface area (Å²) in [5, 5.41) is 3.51. The van der Waals surface area contributed by atoms with Gasteiger partial charge in [-0.1, -0.05) is 41.4 Å². The van der Waals surface area contributed by atoms with Crippen molar-refractivity contribution < 1.29 is 17.6 Å². The molecule has 34 heavy (non-hydrogen) atoms. The number of carbonyl (C=O) groups is 1. The van der Waals surface area contributed by atoms with Crippen molar-refractivity contribution in [2.75, 3.05) is 0 Å². The lowest BCUT2D eigenvalue weighted by molar-refractivity contribution is 0.0951. The number of nitrogens with zero attached hydrogens (tertiary/aromatic N) is 1. The summed E-state index contributed by atoms with van der Waals surface area (Å²) in [5.74, 6) is 0.279. The first-order valence-corrected chi connectivity index (χ1v) is 12.6. The van der Waals surface area contributed by atoms with Crippen molar-refractivity contribution >= 4 is 27.3 Å². The first-order chi connectivity index (χ1) is 16.2. The molecule has 3 aromatic carbocycles. The highest BCUT2D eigenvalue weighted by atomic mass is 35.5.